The normalized spacial score (nSPS) is 12.8. The SMILES string of the molecule is C=C1Cc2cc(-c3ccc(Cn4c(=O)cnc5cccnc54)c(F)c3)ccc2N1. The number of nitrogens with one attached hydrogen (secondary N) is 1. The molecule has 4 aromatic rings. The van der Waals surface area contributed by atoms with Crippen LogP contribution in [-0.4, -0.2) is 14.5 Å². The maximum atomic E-state index is 14.9. The molecule has 2 aromatic heterocycles. The van der Waals surface area contributed by atoms with Crippen LogP contribution in [0.25, 0.3) is 22.3 Å². The number of anilines is 1. The molecule has 0 bridgehead atoms. The molecule has 5 nitrogen and oxygen atoms in total. The number of fused-ring (bicyclic) bond motifs is 2. The number of aromatic nitrogens is 3. The van der Waals surface area contributed by atoms with E-state index >= 15 is 0 Å². The summed E-state index contributed by atoms with van der Waals surface area (Å²) in [6, 6.07) is 14.6. The Morgan fingerprint density at radius 3 is 2.79 bits per heavy atom. The van der Waals surface area contributed by atoms with Gasteiger partial charge in [0.1, 0.15) is 11.3 Å². The maximum Gasteiger partial charge on any atom is 0.270 e. The molecule has 0 fully saturated rings. The van der Waals surface area contributed by atoms with Gasteiger partial charge in [-0.05, 0) is 47.0 Å². The molecule has 29 heavy (non-hydrogen) atoms. The van der Waals surface area contributed by atoms with E-state index < -0.39 is 0 Å². The van der Waals surface area contributed by atoms with Crippen LogP contribution in [0.1, 0.15) is 11.1 Å². The molecule has 0 saturated carbocycles. The number of pyridine rings is 1. The van der Waals surface area contributed by atoms with Crippen molar-refractivity contribution in [3.05, 3.63) is 100 Å². The van der Waals surface area contributed by atoms with E-state index in [1.54, 1.807) is 24.4 Å². The van der Waals surface area contributed by atoms with Gasteiger partial charge in [-0.25, -0.2) is 14.4 Å². The highest BCUT2D eigenvalue weighted by molar-refractivity contribution is 5.72. The van der Waals surface area contributed by atoms with Gasteiger partial charge in [-0.3, -0.25) is 9.36 Å². The second kappa shape index (κ2) is 6.67. The molecule has 1 aliphatic rings. The minimum atomic E-state index is -0.363. The molecule has 0 aliphatic carbocycles. The molecular formula is C23H17FN4O. The lowest BCUT2D eigenvalue weighted by Crippen LogP contribution is -2.22. The average molecular weight is 384 g/mol. The van der Waals surface area contributed by atoms with Gasteiger partial charge in [-0.1, -0.05) is 24.8 Å². The van der Waals surface area contributed by atoms with Gasteiger partial charge < -0.3 is 5.32 Å². The summed E-state index contributed by atoms with van der Waals surface area (Å²) in [6.07, 6.45) is 3.61. The van der Waals surface area contributed by atoms with Crippen molar-refractivity contribution in [3.8, 4) is 11.1 Å². The van der Waals surface area contributed by atoms with Crippen LogP contribution in [-0.2, 0) is 13.0 Å². The molecule has 1 N–H and O–H groups in total. The Morgan fingerprint density at radius 2 is 1.93 bits per heavy atom. The number of nitrogens with zero attached hydrogens (tertiary/aromatic N) is 3. The number of halogens is 1. The van der Waals surface area contributed by atoms with E-state index in [9.17, 15) is 9.18 Å². The summed E-state index contributed by atoms with van der Waals surface area (Å²) in [7, 11) is 0. The highest BCUT2D eigenvalue weighted by Gasteiger charge is 2.15. The molecule has 2 aromatic carbocycles. The summed E-state index contributed by atoms with van der Waals surface area (Å²) >= 11 is 0. The number of benzene rings is 2. The highest BCUT2D eigenvalue weighted by atomic mass is 19.1. The predicted octanol–water partition coefficient (Wildman–Crippen LogP) is 4.13. The van der Waals surface area contributed by atoms with E-state index in [1.165, 1.54) is 16.8 Å². The first kappa shape index (κ1) is 17.3. The standard InChI is InChI=1S/C23H17FN4O/c1-14-9-18-10-15(6-7-20(18)27-14)16-4-5-17(19(24)11-16)13-28-22(29)12-26-21-3-2-8-25-23(21)28/h2-8,10-12,27H,1,9,13H2. The van der Waals surface area contributed by atoms with Gasteiger partial charge in [-0.15, -0.1) is 0 Å². The average Bonchev–Trinajstić information content (AvgIpc) is 3.10. The zero-order valence-corrected chi connectivity index (χ0v) is 15.5. The molecular weight excluding hydrogens is 367 g/mol. The summed E-state index contributed by atoms with van der Waals surface area (Å²) in [5.41, 5.74) is 6.03. The number of hydrogen-bond donors (Lipinski definition) is 1. The van der Waals surface area contributed by atoms with E-state index in [4.69, 9.17) is 0 Å². The monoisotopic (exact) mass is 384 g/mol. The van der Waals surface area contributed by atoms with E-state index in [-0.39, 0.29) is 17.9 Å². The Labute approximate surface area is 166 Å². The Balaban J connectivity index is 1.50. The first-order valence-electron chi connectivity index (χ1n) is 9.25. The molecule has 0 unspecified atom stereocenters. The topological polar surface area (TPSA) is 59.8 Å². The molecule has 0 amide bonds. The van der Waals surface area contributed by atoms with E-state index in [0.717, 1.165) is 34.5 Å². The molecule has 6 heteroatoms. The molecule has 0 spiro atoms. The zero-order valence-electron chi connectivity index (χ0n) is 15.5. The molecule has 5 rings (SSSR count). The lowest BCUT2D eigenvalue weighted by molar-refractivity contribution is 0.599. The Morgan fingerprint density at radius 1 is 1.10 bits per heavy atom. The van der Waals surface area contributed by atoms with Crippen LogP contribution < -0.4 is 10.9 Å². The lowest BCUT2D eigenvalue weighted by Gasteiger charge is -2.11. The summed E-state index contributed by atoms with van der Waals surface area (Å²) in [5.74, 6) is -0.363. The fourth-order valence-electron chi connectivity index (χ4n) is 3.68. The van der Waals surface area contributed by atoms with Crippen molar-refractivity contribution in [2.24, 2.45) is 0 Å². The van der Waals surface area contributed by atoms with Crippen LogP contribution in [0.2, 0.25) is 0 Å². The third kappa shape index (κ3) is 3.08. The summed E-state index contributed by atoms with van der Waals surface area (Å²) in [5, 5.41) is 3.23. The summed E-state index contributed by atoms with van der Waals surface area (Å²) in [4.78, 5) is 20.6. The fourth-order valence-corrected chi connectivity index (χ4v) is 3.68. The second-order valence-corrected chi connectivity index (χ2v) is 7.11. The van der Waals surface area contributed by atoms with Gasteiger partial charge in [0, 0.05) is 29.6 Å². The van der Waals surface area contributed by atoms with Gasteiger partial charge in [0.2, 0.25) is 0 Å². The Bertz CT molecular complexity index is 1340. The lowest BCUT2D eigenvalue weighted by atomic mass is 10.00. The minimum absolute atomic E-state index is 0.0922. The molecule has 142 valence electrons. The third-order valence-corrected chi connectivity index (χ3v) is 5.14. The molecule has 3 heterocycles. The van der Waals surface area contributed by atoms with E-state index in [1.807, 2.05) is 18.2 Å². The highest BCUT2D eigenvalue weighted by Crippen LogP contribution is 2.32. The van der Waals surface area contributed by atoms with E-state index in [0.29, 0.717) is 16.7 Å². The summed E-state index contributed by atoms with van der Waals surface area (Å²) in [6.45, 7) is 4.05. The Hall–Kier alpha value is -3.80. The van der Waals surface area contributed by atoms with Crippen molar-refractivity contribution in [2.75, 3.05) is 5.32 Å². The number of rotatable bonds is 3. The van der Waals surface area contributed by atoms with Gasteiger partial charge in [0.15, 0.2) is 5.65 Å². The smallest absolute Gasteiger partial charge is 0.270 e. The minimum Gasteiger partial charge on any atom is -0.359 e. The third-order valence-electron chi connectivity index (χ3n) is 5.14. The van der Waals surface area contributed by atoms with Gasteiger partial charge in [-0.2, -0.15) is 0 Å². The van der Waals surface area contributed by atoms with Crippen LogP contribution >= 0.6 is 0 Å². The van der Waals surface area contributed by atoms with Gasteiger partial charge in [0.05, 0.1) is 12.7 Å². The van der Waals surface area contributed by atoms with Crippen LogP contribution in [0.4, 0.5) is 10.1 Å². The van der Waals surface area contributed by atoms with Crippen molar-refractivity contribution < 1.29 is 4.39 Å². The fraction of sp³-hybridized carbons (Fsp3) is 0.0870. The predicted molar refractivity (Wildman–Crippen MR) is 111 cm³/mol. The van der Waals surface area contributed by atoms with Crippen LogP contribution in [0.3, 0.4) is 0 Å². The van der Waals surface area contributed by atoms with Crippen molar-refractivity contribution in [1.29, 1.82) is 0 Å². The van der Waals surface area contributed by atoms with Crippen LogP contribution in [0, 0.1) is 5.82 Å². The second-order valence-electron chi connectivity index (χ2n) is 7.11. The number of allylic oxidation sites excluding steroid dienone is 1. The molecule has 0 radical (unpaired) electrons. The summed E-state index contributed by atoms with van der Waals surface area (Å²) < 4.78 is 16.3. The first-order valence-corrected chi connectivity index (χ1v) is 9.25. The van der Waals surface area contributed by atoms with Gasteiger partial charge >= 0.3 is 0 Å². The number of hydrogen-bond acceptors (Lipinski definition) is 4. The van der Waals surface area contributed by atoms with Crippen molar-refractivity contribution in [3.63, 3.8) is 0 Å². The maximum absolute atomic E-state index is 14.9. The molecule has 1 aliphatic heterocycles. The zero-order chi connectivity index (χ0) is 20.0. The largest absolute Gasteiger partial charge is 0.359 e. The van der Waals surface area contributed by atoms with Crippen LogP contribution in [0.15, 0.2) is 78.0 Å². The van der Waals surface area contributed by atoms with Crippen molar-refractivity contribution >= 4 is 16.9 Å². The van der Waals surface area contributed by atoms with Crippen molar-refractivity contribution in [2.45, 2.75) is 13.0 Å². The van der Waals surface area contributed by atoms with Gasteiger partial charge in [0.25, 0.3) is 5.56 Å². The Kier molecular flexibility index (Phi) is 3.98. The van der Waals surface area contributed by atoms with Crippen molar-refractivity contribution in [1.82, 2.24) is 14.5 Å². The molecule has 0 saturated heterocycles. The quantitative estimate of drug-likeness (QED) is 0.577. The van der Waals surface area contributed by atoms with Crippen LogP contribution in [0.5, 0.6) is 0 Å². The first-order chi connectivity index (χ1) is 14.1. The van der Waals surface area contributed by atoms with E-state index in [2.05, 4.69) is 27.9 Å². The molecule has 0 atom stereocenters.